The number of carbonyl (C=O) groups is 1. The Bertz CT molecular complexity index is 1060. The fourth-order valence-electron chi connectivity index (χ4n) is 3.00. The summed E-state index contributed by atoms with van der Waals surface area (Å²) in [5.41, 5.74) is -2.20. The van der Waals surface area contributed by atoms with Crippen LogP contribution in [0.15, 0.2) is 23.0 Å². The molecule has 0 spiro atoms. The van der Waals surface area contributed by atoms with E-state index in [0.29, 0.717) is 12.1 Å². The number of aromatic amines is 1. The second-order valence-corrected chi connectivity index (χ2v) is 9.23. The molecule has 1 aromatic carbocycles. The molecule has 0 amide bonds. The fourth-order valence-corrected chi connectivity index (χ4v) is 4.85. The van der Waals surface area contributed by atoms with Gasteiger partial charge in [-0.15, -0.1) is 0 Å². The first-order valence-electron chi connectivity index (χ1n) is 8.43. The number of sulfone groups is 1. The van der Waals surface area contributed by atoms with E-state index in [2.05, 4.69) is 5.10 Å². The Balaban J connectivity index is 2.63. The Labute approximate surface area is 160 Å². The molecule has 10 heteroatoms. The molecule has 2 aromatic rings. The zero-order valence-corrected chi connectivity index (χ0v) is 16.7. The number of aromatic nitrogens is 2. The van der Waals surface area contributed by atoms with E-state index in [1.54, 1.807) is 13.8 Å². The van der Waals surface area contributed by atoms with Crippen LogP contribution < -0.4 is 5.56 Å². The van der Waals surface area contributed by atoms with Gasteiger partial charge in [-0.25, -0.2) is 8.42 Å². The van der Waals surface area contributed by atoms with Crippen molar-refractivity contribution in [3.8, 4) is 0 Å². The highest BCUT2D eigenvalue weighted by Gasteiger charge is 2.33. The fraction of sp³-hybridized carbons (Fsp3) is 0.444. The maximum atomic E-state index is 13.1. The van der Waals surface area contributed by atoms with Gasteiger partial charge in [-0.2, -0.15) is 13.2 Å². The van der Waals surface area contributed by atoms with Crippen molar-refractivity contribution < 1.29 is 26.4 Å². The van der Waals surface area contributed by atoms with Crippen LogP contribution in [0.2, 0.25) is 0 Å². The molecule has 2 rings (SSSR count). The second-order valence-electron chi connectivity index (χ2n) is 7.12. The number of halogens is 3. The van der Waals surface area contributed by atoms with Gasteiger partial charge < -0.3 is 0 Å². The van der Waals surface area contributed by atoms with Crippen LogP contribution in [-0.4, -0.2) is 29.7 Å². The predicted molar refractivity (Wildman–Crippen MR) is 98.0 cm³/mol. The lowest BCUT2D eigenvalue weighted by Gasteiger charge is -2.14. The SMILES string of the molecule is Cc1[nH]n(C)c(=O)c1C(=O)c1ccc(C(F)(F)F)cc1CS(=O)(=O)CC(C)C. The van der Waals surface area contributed by atoms with E-state index in [9.17, 15) is 31.2 Å². The monoisotopic (exact) mass is 418 g/mol. The molecule has 0 atom stereocenters. The number of H-pyrrole nitrogens is 1. The van der Waals surface area contributed by atoms with Crippen LogP contribution in [0.4, 0.5) is 13.2 Å². The van der Waals surface area contributed by atoms with Crippen LogP contribution in [-0.2, 0) is 28.8 Å². The summed E-state index contributed by atoms with van der Waals surface area (Å²) in [6, 6.07) is 2.30. The smallest absolute Gasteiger partial charge is 0.299 e. The molecule has 1 aromatic heterocycles. The minimum Gasteiger partial charge on any atom is -0.299 e. The first-order chi connectivity index (χ1) is 12.7. The average molecular weight is 418 g/mol. The van der Waals surface area contributed by atoms with Crippen molar-refractivity contribution in [2.75, 3.05) is 5.75 Å². The van der Waals surface area contributed by atoms with Crippen LogP contribution >= 0.6 is 0 Å². The third-order valence-electron chi connectivity index (χ3n) is 4.10. The predicted octanol–water partition coefficient (Wildman–Crippen LogP) is 2.84. The molecule has 0 aliphatic carbocycles. The molecule has 0 fully saturated rings. The van der Waals surface area contributed by atoms with Gasteiger partial charge in [0.05, 0.1) is 17.1 Å². The Morgan fingerprint density at radius 2 is 1.86 bits per heavy atom. The first-order valence-corrected chi connectivity index (χ1v) is 10.3. The molecule has 28 heavy (non-hydrogen) atoms. The normalized spacial score (nSPS) is 12.6. The van der Waals surface area contributed by atoms with Crippen molar-refractivity contribution in [1.29, 1.82) is 0 Å². The van der Waals surface area contributed by atoms with Crippen molar-refractivity contribution in [2.24, 2.45) is 13.0 Å². The Morgan fingerprint density at radius 3 is 2.32 bits per heavy atom. The van der Waals surface area contributed by atoms with Crippen molar-refractivity contribution in [3.63, 3.8) is 0 Å². The summed E-state index contributed by atoms with van der Waals surface area (Å²) >= 11 is 0. The van der Waals surface area contributed by atoms with Gasteiger partial charge in [0, 0.05) is 18.3 Å². The molecule has 6 nitrogen and oxygen atoms in total. The van der Waals surface area contributed by atoms with Crippen molar-refractivity contribution >= 4 is 15.6 Å². The molecule has 0 saturated heterocycles. The number of nitrogens with one attached hydrogen (secondary N) is 1. The van der Waals surface area contributed by atoms with E-state index in [1.807, 2.05) is 0 Å². The Morgan fingerprint density at radius 1 is 1.25 bits per heavy atom. The summed E-state index contributed by atoms with van der Waals surface area (Å²) in [5, 5.41) is 2.64. The quantitative estimate of drug-likeness (QED) is 0.731. The molecule has 0 aliphatic rings. The number of rotatable bonds is 6. The summed E-state index contributed by atoms with van der Waals surface area (Å²) in [7, 11) is -2.36. The molecule has 0 radical (unpaired) electrons. The maximum Gasteiger partial charge on any atom is 0.416 e. The van der Waals surface area contributed by atoms with E-state index in [1.165, 1.54) is 14.0 Å². The molecule has 0 unspecified atom stereocenters. The minimum absolute atomic E-state index is 0.228. The average Bonchev–Trinajstić information content (AvgIpc) is 2.76. The third-order valence-corrected chi connectivity index (χ3v) is 6.02. The highest BCUT2D eigenvalue weighted by molar-refractivity contribution is 7.90. The zero-order valence-electron chi connectivity index (χ0n) is 15.8. The minimum atomic E-state index is -4.70. The number of carbonyl (C=O) groups excluding carboxylic acids is 1. The third kappa shape index (κ3) is 4.73. The number of hydrogen-bond acceptors (Lipinski definition) is 4. The summed E-state index contributed by atoms with van der Waals surface area (Å²) < 4.78 is 65.1. The molecule has 1 N–H and O–H groups in total. The topological polar surface area (TPSA) is 89.0 Å². The first kappa shape index (κ1) is 21.9. The Kier molecular flexibility index (Phi) is 5.93. The lowest BCUT2D eigenvalue weighted by Crippen LogP contribution is -2.22. The number of benzene rings is 1. The van der Waals surface area contributed by atoms with Crippen LogP contribution in [0.5, 0.6) is 0 Å². The Hall–Kier alpha value is -2.36. The van der Waals surface area contributed by atoms with E-state index < -0.39 is 38.7 Å². The number of aryl methyl sites for hydroxylation is 2. The van der Waals surface area contributed by atoms with Crippen LogP contribution in [0, 0.1) is 12.8 Å². The van der Waals surface area contributed by atoms with Gasteiger partial charge in [-0.3, -0.25) is 19.4 Å². The number of ketones is 1. The lowest BCUT2D eigenvalue weighted by atomic mass is 9.97. The van der Waals surface area contributed by atoms with E-state index >= 15 is 0 Å². The summed E-state index contributed by atoms with van der Waals surface area (Å²) in [6.07, 6.45) is -4.70. The standard InChI is InChI=1S/C18H21F3N2O4S/c1-10(2)8-28(26,27)9-12-7-13(18(19,20)21)5-6-14(12)16(24)15-11(3)22-23(4)17(15)25/h5-7,10,22H,8-9H2,1-4H3. The summed E-state index contributed by atoms with van der Waals surface area (Å²) in [5.74, 6) is -2.00. The van der Waals surface area contributed by atoms with Gasteiger partial charge in [0.2, 0.25) is 5.78 Å². The highest BCUT2D eigenvalue weighted by Crippen LogP contribution is 2.32. The van der Waals surface area contributed by atoms with Gasteiger partial charge in [0.25, 0.3) is 5.56 Å². The van der Waals surface area contributed by atoms with Gasteiger partial charge >= 0.3 is 6.18 Å². The van der Waals surface area contributed by atoms with Crippen molar-refractivity contribution in [1.82, 2.24) is 9.78 Å². The maximum absolute atomic E-state index is 13.1. The van der Waals surface area contributed by atoms with Crippen LogP contribution in [0.3, 0.4) is 0 Å². The van der Waals surface area contributed by atoms with Crippen molar-refractivity contribution in [2.45, 2.75) is 32.7 Å². The van der Waals surface area contributed by atoms with Gasteiger partial charge in [0.1, 0.15) is 5.56 Å². The molecular weight excluding hydrogens is 397 g/mol. The second kappa shape index (κ2) is 7.57. The number of nitrogens with zero attached hydrogens (tertiary/aromatic N) is 1. The zero-order chi connectivity index (χ0) is 21.4. The highest BCUT2D eigenvalue weighted by atomic mass is 32.2. The number of hydrogen-bond donors (Lipinski definition) is 1. The molecule has 0 bridgehead atoms. The molecule has 1 heterocycles. The van der Waals surface area contributed by atoms with Crippen molar-refractivity contribution in [3.05, 3.63) is 56.5 Å². The van der Waals surface area contributed by atoms with Crippen LogP contribution in [0.1, 0.15) is 46.6 Å². The van der Waals surface area contributed by atoms with Gasteiger partial charge in [-0.05, 0) is 30.5 Å². The van der Waals surface area contributed by atoms with E-state index in [4.69, 9.17) is 0 Å². The molecule has 0 saturated carbocycles. The molecule has 0 aliphatic heterocycles. The van der Waals surface area contributed by atoms with E-state index in [-0.39, 0.29) is 34.1 Å². The largest absolute Gasteiger partial charge is 0.416 e. The molecular formula is C18H21F3N2O4S. The van der Waals surface area contributed by atoms with E-state index in [0.717, 1.165) is 10.7 Å². The summed E-state index contributed by atoms with van der Waals surface area (Å²) in [4.78, 5) is 25.1. The van der Waals surface area contributed by atoms with Gasteiger partial charge in [-0.1, -0.05) is 19.9 Å². The molecule has 154 valence electrons. The number of alkyl halides is 3. The summed E-state index contributed by atoms with van der Waals surface area (Å²) in [6.45, 7) is 4.82. The van der Waals surface area contributed by atoms with Gasteiger partial charge in [0.15, 0.2) is 9.84 Å². The lowest BCUT2D eigenvalue weighted by molar-refractivity contribution is -0.137. The van der Waals surface area contributed by atoms with Crippen LogP contribution in [0.25, 0.3) is 0 Å².